The van der Waals surface area contributed by atoms with E-state index in [9.17, 15) is 41.9 Å². The smallest absolute Gasteiger partial charge is 0.435 e. The monoisotopic (exact) mass is 1000 g/mol. The Morgan fingerprint density at radius 3 is 2.11 bits per heavy atom. The molecule has 0 unspecified atom stereocenters. The van der Waals surface area contributed by atoms with Crippen molar-refractivity contribution in [3.63, 3.8) is 0 Å². The minimum absolute atomic E-state index is 0.00202. The molecule has 5 saturated carbocycles. The fraction of sp³-hybridized carbons (Fsp3) is 0.702. The van der Waals surface area contributed by atoms with Gasteiger partial charge in [0, 0.05) is 24.3 Å². The van der Waals surface area contributed by atoms with E-state index in [2.05, 4.69) is 45.0 Å². The summed E-state index contributed by atoms with van der Waals surface area (Å²) < 4.78 is 58.8. The van der Waals surface area contributed by atoms with Crippen LogP contribution >= 0.6 is 0 Å². The maximum atomic E-state index is 14.6. The number of rotatable bonds is 12. The van der Waals surface area contributed by atoms with Crippen LogP contribution in [0, 0.1) is 68.0 Å². The van der Waals surface area contributed by atoms with Gasteiger partial charge in [0.05, 0.1) is 29.4 Å². The number of fused-ring (bicyclic) bond motifs is 7. The molecule has 1 aromatic carbocycles. The number of nitrogens with one attached hydrogen (secondary N) is 1. The molecule has 0 spiro atoms. The van der Waals surface area contributed by atoms with Crippen molar-refractivity contribution in [2.24, 2.45) is 68.0 Å². The lowest BCUT2D eigenvalue weighted by molar-refractivity contribution is -0.235. The third-order valence-electron chi connectivity index (χ3n) is 20.0. The van der Waals surface area contributed by atoms with Crippen molar-refractivity contribution in [2.75, 3.05) is 6.61 Å². The number of ketones is 2. The minimum atomic E-state index is -4.94. The SMILES string of the molecule is CCOC(=O)n1nc(C(F)(F)F)cc1C(=O)CC(C)(C)C(=O)N[C@@]12CC[C@]3(C)[C@H](CC[C@@H]4[C@@]5(C)CC[C@H](OC(=O)[C@H]6C[C@@H](C(=O)OCc7ccccc7)C6(C)C)C(C)(C)[C@@H]5CC[C@]43C)C1=C(C(C)C)C(=O)C2. The summed E-state index contributed by atoms with van der Waals surface area (Å²) in [5, 5.41) is 6.67. The van der Waals surface area contributed by atoms with Crippen molar-refractivity contribution in [1.29, 1.82) is 0 Å². The maximum absolute atomic E-state index is 14.6. The van der Waals surface area contributed by atoms with Crippen molar-refractivity contribution >= 4 is 35.5 Å². The average molecular weight is 1000 g/mol. The van der Waals surface area contributed by atoms with Gasteiger partial charge in [-0.15, -0.1) is 0 Å². The second kappa shape index (κ2) is 18.2. The number of halogens is 3. The first kappa shape index (κ1) is 53.5. The van der Waals surface area contributed by atoms with Crippen molar-refractivity contribution in [3.8, 4) is 0 Å². The van der Waals surface area contributed by atoms with E-state index in [1.165, 1.54) is 6.92 Å². The summed E-state index contributed by atoms with van der Waals surface area (Å²) in [7, 11) is 0. The Balaban J connectivity index is 0.985. The highest BCUT2D eigenvalue weighted by molar-refractivity contribution is 6.03. The second-order valence-corrected chi connectivity index (χ2v) is 25.3. The highest BCUT2D eigenvalue weighted by Gasteiger charge is 2.71. The number of nitrogens with zero attached hydrogens (tertiary/aromatic N) is 2. The number of esters is 2. The van der Waals surface area contributed by atoms with Gasteiger partial charge in [-0.1, -0.05) is 106 Å². The second-order valence-electron chi connectivity index (χ2n) is 25.3. The molecule has 0 bridgehead atoms. The lowest BCUT2D eigenvalue weighted by atomic mass is 9.33. The van der Waals surface area contributed by atoms with E-state index >= 15 is 0 Å². The fourth-order valence-corrected chi connectivity index (χ4v) is 15.7. The Bertz CT molecular complexity index is 2560. The third-order valence-corrected chi connectivity index (χ3v) is 20.0. The number of ether oxygens (including phenoxy) is 3. The van der Waals surface area contributed by atoms with Crippen LogP contribution in [0.2, 0.25) is 0 Å². The van der Waals surface area contributed by atoms with Gasteiger partial charge in [0.15, 0.2) is 17.3 Å². The molecule has 8 rings (SSSR count). The number of amides is 1. The largest absolute Gasteiger partial charge is 0.462 e. The van der Waals surface area contributed by atoms with Gasteiger partial charge in [0.1, 0.15) is 18.4 Å². The van der Waals surface area contributed by atoms with Gasteiger partial charge >= 0.3 is 24.2 Å². The Morgan fingerprint density at radius 1 is 0.819 bits per heavy atom. The third kappa shape index (κ3) is 8.55. The van der Waals surface area contributed by atoms with Gasteiger partial charge in [-0.2, -0.15) is 23.0 Å². The zero-order valence-electron chi connectivity index (χ0n) is 44.4. The molecule has 2 aromatic rings. The number of benzene rings is 1. The van der Waals surface area contributed by atoms with Gasteiger partial charge in [0.25, 0.3) is 0 Å². The number of carbonyl (C=O) groups excluding carboxylic acids is 6. The van der Waals surface area contributed by atoms with Gasteiger partial charge in [-0.3, -0.25) is 24.0 Å². The lowest BCUT2D eigenvalue weighted by Crippen LogP contribution is -2.67. The first-order valence-corrected chi connectivity index (χ1v) is 26.3. The number of Topliss-reactive ketones (excluding diaryl/α,β-unsaturated/α-hetero) is 2. The molecule has 1 amide bonds. The molecule has 72 heavy (non-hydrogen) atoms. The van der Waals surface area contributed by atoms with Gasteiger partial charge in [-0.25, -0.2) is 4.79 Å². The topological polar surface area (TPSA) is 160 Å². The molecule has 1 aromatic heterocycles. The molecule has 1 heterocycles. The van der Waals surface area contributed by atoms with Crippen LogP contribution in [-0.4, -0.2) is 63.5 Å². The summed E-state index contributed by atoms with van der Waals surface area (Å²) in [5.74, 6) is -2.26. The quantitative estimate of drug-likeness (QED) is 0.123. The first-order valence-electron chi connectivity index (χ1n) is 26.3. The van der Waals surface area contributed by atoms with Crippen LogP contribution in [-0.2, 0) is 46.2 Å². The Labute approximate surface area is 422 Å². The summed E-state index contributed by atoms with van der Waals surface area (Å²) >= 11 is 0. The van der Waals surface area contributed by atoms with Crippen molar-refractivity contribution < 1.29 is 56.1 Å². The molecule has 6 aliphatic rings. The van der Waals surface area contributed by atoms with E-state index in [1.54, 1.807) is 13.8 Å². The van der Waals surface area contributed by atoms with E-state index in [0.717, 1.165) is 61.7 Å². The van der Waals surface area contributed by atoms with Crippen LogP contribution in [0.3, 0.4) is 0 Å². The Kier molecular flexibility index (Phi) is 13.5. The van der Waals surface area contributed by atoms with Crippen molar-refractivity contribution in [1.82, 2.24) is 15.1 Å². The Hall–Kier alpha value is -4.82. The normalized spacial score (nSPS) is 33.6. The highest BCUT2D eigenvalue weighted by Crippen LogP contribution is 2.76. The number of hydrogen-bond donors (Lipinski definition) is 1. The number of aromatic nitrogens is 2. The van der Waals surface area contributed by atoms with Gasteiger partial charge < -0.3 is 19.5 Å². The summed E-state index contributed by atoms with van der Waals surface area (Å²) in [4.78, 5) is 82.8. The number of carbonyl (C=O) groups is 6. The zero-order valence-corrected chi connectivity index (χ0v) is 44.4. The minimum Gasteiger partial charge on any atom is -0.462 e. The molecule has 15 heteroatoms. The highest BCUT2D eigenvalue weighted by atomic mass is 19.4. The lowest BCUT2D eigenvalue weighted by Gasteiger charge is -2.72. The molecule has 12 nitrogen and oxygen atoms in total. The number of allylic oxidation sites excluding steroid dienone is 1. The van der Waals surface area contributed by atoms with Crippen LogP contribution in [0.4, 0.5) is 18.0 Å². The van der Waals surface area contributed by atoms with Crippen LogP contribution in [0.15, 0.2) is 47.5 Å². The summed E-state index contributed by atoms with van der Waals surface area (Å²) in [6.07, 6.45) is -0.00391. The first-order chi connectivity index (χ1) is 33.4. The van der Waals surface area contributed by atoms with Crippen LogP contribution in [0.25, 0.3) is 0 Å². The van der Waals surface area contributed by atoms with E-state index in [4.69, 9.17) is 14.2 Å². The molecule has 0 aliphatic heterocycles. The molecule has 394 valence electrons. The fourth-order valence-electron chi connectivity index (χ4n) is 15.7. The van der Waals surface area contributed by atoms with Gasteiger partial charge in [-0.05, 0) is 127 Å². The molecule has 0 saturated heterocycles. The summed E-state index contributed by atoms with van der Waals surface area (Å²) in [6, 6.07) is 10.1. The van der Waals surface area contributed by atoms with Crippen LogP contribution in [0.1, 0.15) is 175 Å². The summed E-state index contributed by atoms with van der Waals surface area (Å²) in [6.45, 7) is 24.4. The predicted octanol–water partition coefficient (Wildman–Crippen LogP) is 11.7. The maximum Gasteiger partial charge on any atom is 0.435 e. The van der Waals surface area contributed by atoms with Crippen molar-refractivity contribution in [2.45, 2.75) is 178 Å². The Morgan fingerprint density at radius 2 is 1.49 bits per heavy atom. The van der Waals surface area contributed by atoms with Crippen molar-refractivity contribution in [3.05, 3.63) is 64.5 Å². The van der Waals surface area contributed by atoms with E-state index in [-0.39, 0.29) is 82.9 Å². The van der Waals surface area contributed by atoms with Crippen LogP contribution in [0.5, 0.6) is 0 Å². The number of hydrogen-bond acceptors (Lipinski definition) is 10. The zero-order chi connectivity index (χ0) is 52.9. The standard InChI is InChI=1S/C57H76F3N3O9/c1-13-70-49(69)63-37(28-42(62-63)57(58,59)60)38(64)29-50(4,5)48(68)61-56-26-25-54(11)34(45(56)44(32(2)3)39(65)30-56)19-20-41-53(10)23-22-43(52(8,9)40(53)21-24-55(41,54)12)72-47(67)36-27-35(51(36,6)7)46(66)71-31-33-17-15-14-16-18-33/h14-18,28,32,34-36,40-41,43H,13,19-27,29-31H2,1-12H3,(H,61,68)/t34-,35+,36-,40+,41-,43+,53+,54-,55-,56-/m1/s1. The predicted molar refractivity (Wildman–Crippen MR) is 262 cm³/mol. The molecular weight excluding hydrogens is 928 g/mol. The molecule has 10 atom stereocenters. The average Bonchev–Trinajstić information content (AvgIpc) is 3.87. The molecular formula is C57H76F3N3O9. The number of alkyl halides is 3. The van der Waals surface area contributed by atoms with E-state index < -0.39 is 70.0 Å². The van der Waals surface area contributed by atoms with E-state index in [1.807, 2.05) is 58.0 Å². The molecule has 0 radical (unpaired) electrons. The molecule has 1 N–H and O–H groups in total. The summed E-state index contributed by atoms with van der Waals surface area (Å²) in [5.41, 5.74) is -3.24. The van der Waals surface area contributed by atoms with Crippen LogP contribution < -0.4 is 5.32 Å². The van der Waals surface area contributed by atoms with Gasteiger partial charge in [0.2, 0.25) is 5.91 Å². The van der Waals surface area contributed by atoms with E-state index in [0.29, 0.717) is 29.5 Å². The molecule has 5 fully saturated rings. The molecule has 6 aliphatic carbocycles.